The molecule has 0 N–H and O–H groups in total. The summed E-state index contributed by atoms with van der Waals surface area (Å²) in [5.41, 5.74) is 1.69. The average molecular weight is 291 g/mol. The monoisotopic (exact) mass is 289 g/mol. The van der Waals surface area contributed by atoms with E-state index in [0.29, 0.717) is 10.0 Å². The van der Waals surface area contributed by atoms with Crippen LogP contribution in [0.2, 0.25) is 10.0 Å². The second-order valence-electron chi connectivity index (χ2n) is 3.01. The van der Waals surface area contributed by atoms with E-state index < -0.39 is 0 Å². The van der Waals surface area contributed by atoms with Gasteiger partial charge in [-0.2, -0.15) is 0 Å². The molecule has 0 amide bonds. The molecule has 14 heavy (non-hydrogen) atoms. The van der Waals surface area contributed by atoms with Gasteiger partial charge in [0.2, 0.25) is 0 Å². The lowest BCUT2D eigenvalue weighted by atomic mass is 10.1. The summed E-state index contributed by atoms with van der Waals surface area (Å²) in [6.45, 7) is 1.92. The summed E-state index contributed by atoms with van der Waals surface area (Å²) in [5, 5.41) is 2.20. The lowest BCUT2D eigenvalue weighted by molar-refractivity contribution is 1.38. The number of nitrogens with zero attached hydrogens (tertiary/aromatic N) is 1. The Morgan fingerprint density at radius 3 is 2.79 bits per heavy atom. The number of aromatic nitrogens is 1. The van der Waals surface area contributed by atoms with Gasteiger partial charge >= 0.3 is 0 Å². The van der Waals surface area contributed by atoms with E-state index in [1.807, 2.05) is 19.1 Å². The first-order valence-electron chi connectivity index (χ1n) is 4.00. The zero-order valence-electron chi connectivity index (χ0n) is 7.31. The molecule has 2 rings (SSSR count). The molecule has 0 aliphatic carbocycles. The van der Waals surface area contributed by atoms with Crippen molar-refractivity contribution in [2.24, 2.45) is 0 Å². The van der Waals surface area contributed by atoms with E-state index in [1.54, 1.807) is 6.20 Å². The van der Waals surface area contributed by atoms with Crippen LogP contribution in [0.25, 0.3) is 10.9 Å². The van der Waals surface area contributed by atoms with E-state index >= 15 is 0 Å². The number of pyridine rings is 1. The Kier molecular flexibility index (Phi) is 2.69. The molecule has 0 unspecified atom stereocenters. The Balaban J connectivity index is 3.03. The number of fused-ring (bicyclic) bond motifs is 1. The molecule has 1 heterocycles. The Morgan fingerprint density at radius 2 is 2.07 bits per heavy atom. The van der Waals surface area contributed by atoms with Gasteiger partial charge < -0.3 is 0 Å². The SMILES string of the molecule is Cc1cc(Cl)c2nccc(Br)c2c1Cl. The second kappa shape index (κ2) is 3.69. The molecule has 1 aromatic carbocycles. The van der Waals surface area contributed by atoms with Crippen molar-refractivity contribution in [3.63, 3.8) is 0 Å². The van der Waals surface area contributed by atoms with Crippen molar-refractivity contribution in [1.29, 1.82) is 0 Å². The highest BCUT2D eigenvalue weighted by atomic mass is 79.9. The van der Waals surface area contributed by atoms with E-state index in [1.165, 1.54) is 0 Å². The number of hydrogen-bond donors (Lipinski definition) is 0. The van der Waals surface area contributed by atoms with Crippen molar-refractivity contribution in [2.45, 2.75) is 6.92 Å². The first-order valence-corrected chi connectivity index (χ1v) is 5.55. The number of rotatable bonds is 0. The summed E-state index contributed by atoms with van der Waals surface area (Å²) in [5.74, 6) is 0. The van der Waals surface area contributed by atoms with Gasteiger partial charge in [0, 0.05) is 16.1 Å². The standard InChI is InChI=1S/C10H6BrCl2N/c1-5-4-7(12)10-8(9(5)13)6(11)2-3-14-10/h2-4H,1H3. The molecule has 0 radical (unpaired) electrons. The van der Waals surface area contributed by atoms with Crippen LogP contribution in [0.4, 0.5) is 0 Å². The Morgan fingerprint density at radius 1 is 1.36 bits per heavy atom. The summed E-state index contributed by atoms with van der Waals surface area (Å²) in [7, 11) is 0. The van der Waals surface area contributed by atoms with Crippen LogP contribution in [0.3, 0.4) is 0 Å². The molecule has 4 heteroatoms. The van der Waals surface area contributed by atoms with Crippen molar-refractivity contribution >= 4 is 50.0 Å². The zero-order valence-corrected chi connectivity index (χ0v) is 10.4. The average Bonchev–Trinajstić information content (AvgIpc) is 2.14. The van der Waals surface area contributed by atoms with Gasteiger partial charge in [-0.05, 0) is 40.5 Å². The van der Waals surface area contributed by atoms with Gasteiger partial charge in [0.25, 0.3) is 0 Å². The number of halogens is 3. The third-order valence-corrected chi connectivity index (χ3v) is 3.47. The van der Waals surface area contributed by atoms with Gasteiger partial charge in [0.05, 0.1) is 15.6 Å². The predicted octanol–water partition coefficient (Wildman–Crippen LogP) is 4.61. The maximum absolute atomic E-state index is 6.17. The summed E-state index contributed by atoms with van der Waals surface area (Å²) >= 11 is 15.7. The van der Waals surface area contributed by atoms with E-state index in [-0.39, 0.29) is 0 Å². The third kappa shape index (κ3) is 1.52. The Hall–Kier alpha value is -0.310. The lowest BCUT2D eigenvalue weighted by Gasteiger charge is -2.06. The highest BCUT2D eigenvalue weighted by molar-refractivity contribution is 9.10. The Labute approximate surface area is 100 Å². The topological polar surface area (TPSA) is 12.9 Å². The summed E-state index contributed by atoms with van der Waals surface area (Å²) in [6, 6.07) is 3.68. The summed E-state index contributed by atoms with van der Waals surface area (Å²) in [6.07, 6.45) is 1.70. The number of hydrogen-bond acceptors (Lipinski definition) is 1. The van der Waals surface area contributed by atoms with E-state index in [2.05, 4.69) is 20.9 Å². The zero-order chi connectivity index (χ0) is 10.3. The fraction of sp³-hybridized carbons (Fsp3) is 0.100. The molecule has 1 nitrogen and oxygen atoms in total. The minimum atomic E-state index is 0.628. The molecular formula is C10H6BrCl2N. The summed E-state index contributed by atoms with van der Waals surface area (Å²) in [4.78, 5) is 4.20. The van der Waals surface area contributed by atoms with Gasteiger partial charge in [-0.1, -0.05) is 23.2 Å². The number of aryl methyl sites for hydroxylation is 1. The molecule has 0 bridgehead atoms. The van der Waals surface area contributed by atoms with Crippen molar-refractivity contribution in [3.8, 4) is 0 Å². The Bertz CT molecular complexity index is 511. The molecule has 0 spiro atoms. The molecule has 0 saturated carbocycles. The summed E-state index contributed by atoms with van der Waals surface area (Å²) < 4.78 is 0.915. The van der Waals surface area contributed by atoms with Crippen molar-refractivity contribution < 1.29 is 0 Å². The first-order chi connectivity index (χ1) is 6.61. The van der Waals surface area contributed by atoms with Crippen LogP contribution in [0.1, 0.15) is 5.56 Å². The van der Waals surface area contributed by atoms with Gasteiger partial charge in [-0.3, -0.25) is 4.98 Å². The maximum atomic E-state index is 6.17. The second-order valence-corrected chi connectivity index (χ2v) is 4.65. The quantitative estimate of drug-likeness (QED) is 0.690. The highest BCUT2D eigenvalue weighted by Crippen LogP contribution is 2.35. The highest BCUT2D eigenvalue weighted by Gasteiger charge is 2.10. The van der Waals surface area contributed by atoms with Crippen LogP contribution in [0, 0.1) is 6.92 Å². The van der Waals surface area contributed by atoms with Crippen LogP contribution >= 0.6 is 39.1 Å². The molecule has 1 aromatic heterocycles. The van der Waals surface area contributed by atoms with E-state index in [9.17, 15) is 0 Å². The van der Waals surface area contributed by atoms with Crippen molar-refractivity contribution in [2.75, 3.05) is 0 Å². The maximum Gasteiger partial charge on any atom is 0.0914 e. The number of benzene rings is 1. The fourth-order valence-electron chi connectivity index (χ4n) is 1.35. The van der Waals surface area contributed by atoms with Crippen LogP contribution in [0.5, 0.6) is 0 Å². The third-order valence-electron chi connectivity index (χ3n) is 2.04. The molecule has 0 fully saturated rings. The molecule has 2 aromatic rings. The molecule has 72 valence electrons. The van der Waals surface area contributed by atoms with Gasteiger partial charge in [0.15, 0.2) is 0 Å². The predicted molar refractivity (Wildman–Crippen MR) is 64.2 cm³/mol. The van der Waals surface area contributed by atoms with Gasteiger partial charge in [-0.25, -0.2) is 0 Å². The fourth-order valence-corrected chi connectivity index (χ4v) is 2.52. The molecule has 0 aliphatic rings. The first kappa shape index (κ1) is 10.2. The van der Waals surface area contributed by atoms with Crippen LogP contribution in [-0.4, -0.2) is 4.98 Å². The normalized spacial score (nSPS) is 10.9. The van der Waals surface area contributed by atoms with Crippen LogP contribution < -0.4 is 0 Å². The van der Waals surface area contributed by atoms with Crippen molar-refractivity contribution in [3.05, 3.63) is 38.4 Å². The van der Waals surface area contributed by atoms with E-state index in [4.69, 9.17) is 23.2 Å². The van der Waals surface area contributed by atoms with Gasteiger partial charge in [0.1, 0.15) is 0 Å². The minimum Gasteiger partial charge on any atom is -0.255 e. The van der Waals surface area contributed by atoms with Gasteiger partial charge in [-0.15, -0.1) is 0 Å². The molecule has 0 atom stereocenters. The molecule has 0 saturated heterocycles. The lowest BCUT2D eigenvalue weighted by Crippen LogP contribution is -1.85. The molecular weight excluding hydrogens is 285 g/mol. The smallest absolute Gasteiger partial charge is 0.0914 e. The minimum absolute atomic E-state index is 0.628. The van der Waals surface area contributed by atoms with Crippen LogP contribution in [-0.2, 0) is 0 Å². The van der Waals surface area contributed by atoms with Crippen molar-refractivity contribution in [1.82, 2.24) is 4.98 Å². The molecule has 0 aliphatic heterocycles. The van der Waals surface area contributed by atoms with Crippen LogP contribution in [0.15, 0.2) is 22.8 Å². The van der Waals surface area contributed by atoms with E-state index in [0.717, 1.165) is 20.9 Å². The largest absolute Gasteiger partial charge is 0.255 e.